The van der Waals surface area contributed by atoms with Crippen molar-refractivity contribution in [1.29, 1.82) is 0 Å². The van der Waals surface area contributed by atoms with Crippen LogP contribution in [0.2, 0.25) is 5.02 Å². The number of anilines is 1. The molecule has 0 bridgehead atoms. The molecule has 0 radical (unpaired) electrons. The van der Waals surface area contributed by atoms with E-state index in [-0.39, 0.29) is 30.5 Å². The highest BCUT2D eigenvalue weighted by Gasteiger charge is 2.26. The average Bonchev–Trinajstić information content (AvgIpc) is 3.21. The predicted molar refractivity (Wildman–Crippen MR) is 124 cm³/mol. The molecule has 2 aromatic rings. The van der Waals surface area contributed by atoms with E-state index in [9.17, 15) is 9.90 Å². The fraction of sp³-hybridized carbons (Fsp3) is 0.500. The molecule has 1 unspecified atom stereocenters. The zero-order chi connectivity index (χ0) is 22.5. The molecule has 1 atom stereocenters. The number of aliphatic hydroxyl groups is 1. The quantitative estimate of drug-likeness (QED) is 0.513. The summed E-state index contributed by atoms with van der Waals surface area (Å²) >= 11 is 6.17. The van der Waals surface area contributed by atoms with Crippen molar-refractivity contribution in [2.75, 3.05) is 11.9 Å². The fourth-order valence-electron chi connectivity index (χ4n) is 4.03. The second-order valence-electron chi connectivity index (χ2n) is 8.35. The van der Waals surface area contributed by atoms with Crippen molar-refractivity contribution in [1.82, 2.24) is 10.3 Å². The molecule has 1 amide bonds. The highest BCUT2D eigenvalue weighted by atomic mass is 35.5. The van der Waals surface area contributed by atoms with Gasteiger partial charge in [0, 0.05) is 22.8 Å². The summed E-state index contributed by atoms with van der Waals surface area (Å²) in [5.41, 5.74) is 3.42. The molecule has 168 valence electrons. The number of carbonyl (C=O) groups excluding carboxylic acids is 1. The van der Waals surface area contributed by atoms with E-state index in [0.29, 0.717) is 34.1 Å². The van der Waals surface area contributed by atoms with Crippen LogP contribution < -0.4 is 15.4 Å². The Balaban J connectivity index is 2.05. The number of aromatic nitrogens is 1. The van der Waals surface area contributed by atoms with Crippen LogP contribution >= 0.6 is 11.6 Å². The normalized spacial score (nSPS) is 15.0. The summed E-state index contributed by atoms with van der Waals surface area (Å²) in [4.78, 5) is 17.9. The Labute approximate surface area is 189 Å². The first-order valence-electron chi connectivity index (χ1n) is 11.0. The van der Waals surface area contributed by atoms with Gasteiger partial charge in [-0.05, 0) is 69.4 Å². The lowest BCUT2D eigenvalue weighted by Crippen LogP contribution is -2.34. The van der Waals surface area contributed by atoms with Crippen LogP contribution in [-0.4, -0.2) is 34.7 Å². The Morgan fingerprint density at radius 2 is 1.87 bits per heavy atom. The molecule has 3 N–H and O–H groups in total. The number of aliphatic hydroxyl groups excluding tert-OH is 1. The van der Waals surface area contributed by atoms with E-state index in [1.54, 1.807) is 0 Å². The number of hydrogen-bond donors (Lipinski definition) is 3. The smallest absolute Gasteiger partial charge is 0.259 e. The van der Waals surface area contributed by atoms with Crippen LogP contribution in [0.5, 0.6) is 11.6 Å². The number of ether oxygens (including phenoxy) is 1. The van der Waals surface area contributed by atoms with E-state index >= 15 is 0 Å². The van der Waals surface area contributed by atoms with Crippen molar-refractivity contribution in [3.63, 3.8) is 0 Å². The fourth-order valence-corrected chi connectivity index (χ4v) is 4.36. The van der Waals surface area contributed by atoms with Gasteiger partial charge in [-0.1, -0.05) is 31.4 Å². The molecule has 1 fully saturated rings. The van der Waals surface area contributed by atoms with Crippen molar-refractivity contribution in [3.05, 3.63) is 45.6 Å². The third kappa shape index (κ3) is 5.69. The van der Waals surface area contributed by atoms with Gasteiger partial charge >= 0.3 is 0 Å². The number of amides is 1. The first-order chi connectivity index (χ1) is 14.8. The largest absolute Gasteiger partial charge is 0.438 e. The number of halogens is 1. The van der Waals surface area contributed by atoms with E-state index in [1.807, 2.05) is 45.9 Å². The number of aryl methyl sites for hydroxylation is 3. The maximum atomic E-state index is 13.4. The number of carbonyl (C=O) groups is 1. The van der Waals surface area contributed by atoms with E-state index in [2.05, 4.69) is 15.6 Å². The van der Waals surface area contributed by atoms with E-state index in [0.717, 1.165) is 36.8 Å². The molecule has 0 spiro atoms. The maximum Gasteiger partial charge on any atom is 0.259 e. The summed E-state index contributed by atoms with van der Waals surface area (Å²) < 4.78 is 6.25. The Bertz CT molecular complexity index is 915. The van der Waals surface area contributed by atoms with Gasteiger partial charge in [-0.3, -0.25) is 4.79 Å². The third-order valence-electron chi connectivity index (χ3n) is 5.73. The summed E-state index contributed by atoms with van der Waals surface area (Å²) in [6.45, 7) is 7.64. The first kappa shape index (κ1) is 23.4. The average molecular weight is 446 g/mol. The molecule has 0 saturated heterocycles. The monoisotopic (exact) mass is 445 g/mol. The third-order valence-corrected chi connectivity index (χ3v) is 5.95. The number of rotatable bonds is 8. The summed E-state index contributed by atoms with van der Waals surface area (Å²) in [5, 5.41) is 16.8. The topological polar surface area (TPSA) is 83.5 Å². The highest BCUT2D eigenvalue weighted by molar-refractivity contribution is 6.30. The molecular formula is C24H32ClN3O3. The van der Waals surface area contributed by atoms with Crippen LogP contribution in [-0.2, 0) is 0 Å². The Hall–Kier alpha value is -2.31. The molecule has 1 aliphatic carbocycles. The molecule has 1 aromatic carbocycles. The van der Waals surface area contributed by atoms with Crippen LogP contribution in [0.25, 0.3) is 0 Å². The summed E-state index contributed by atoms with van der Waals surface area (Å²) in [5.74, 6) is 0.672. The molecule has 7 heteroatoms. The lowest BCUT2D eigenvalue weighted by molar-refractivity contribution is 0.0935. The second kappa shape index (κ2) is 10.3. The van der Waals surface area contributed by atoms with Crippen LogP contribution in [0.15, 0.2) is 18.2 Å². The van der Waals surface area contributed by atoms with Crippen molar-refractivity contribution >= 4 is 23.2 Å². The van der Waals surface area contributed by atoms with Gasteiger partial charge in [0.2, 0.25) is 5.88 Å². The lowest BCUT2D eigenvalue weighted by Gasteiger charge is -2.22. The number of benzene rings is 1. The lowest BCUT2D eigenvalue weighted by atomic mass is 10.1. The van der Waals surface area contributed by atoms with Gasteiger partial charge in [-0.2, -0.15) is 0 Å². The molecule has 3 rings (SSSR count). The molecule has 6 nitrogen and oxygen atoms in total. The number of hydrogen-bond acceptors (Lipinski definition) is 5. The second-order valence-corrected chi connectivity index (χ2v) is 8.79. The molecule has 1 saturated carbocycles. The molecule has 1 heterocycles. The highest BCUT2D eigenvalue weighted by Crippen LogP contribution is 2.35. The first-order valence-corrected chi connectivity index (χ1v) is 11.3. The Morgan fingerprint density at radius 3 is 2.45 bits per heavy atom. The van der Waals surface area contributed by atoms with Crippen molar-refractivity contribution in [2.45, 2.75) is 71.9 Å². The summed E-state index contributed by atoms with van der Waals surface area (Å²) in [7, 11) is 0. The maximum absolute atomic E-state index is 13.4. The zero-order valence-corrected chi connectivity index (χ0v) is 19.5. The van der Waals surface area contributed by atoms with Crippen LogP contribution in [0.4, 0.5) is 5.69 Å². The zero-order valence-electron chi connectivity index (χ0n) is 18.7. The Morgan fingerprint density at radius 1 is 1.23 bits per heavy atom. The summed E-state index contributed by atoms with van der Waals surface area (Å²) in [6, 6.07) is 5.47. The van der Waals surface area contributed by atoms with Gasteiger partial charge in [0.1, 0.15) is 11.3 Å². The Kier molecular flexibility index (Phi) is 7.79. The molecule has 1 aromatic heterocycles. The standard InChI is InChI=1S/C24H32ClN3O3/c1-5-18(13-29)27-20-12-16(4)26-24(21(20)23(30)28-19-8-6-7-9-19)31-22-14(2)10-17(25)11-15(22)3/h10-12,18-19,29H,5-9,13H2,1-4H3,(H,26,27)(H,28,30). The predicted octanol–water partition coefficient (Wildman–Crippen LogP) is 5.31. The molecule has 0 aliphatic heterocycles. The van der Waals surface area contributed by atoms with Crippen molar-refractivity contribution < 1.29 is 14.6 Å². The van der Waals surface area contributed by atoms with Gasteiger partial charge in [-0.15, -0.1) is 0 Å². The number of nitrogens with zero attached hydrogens (tertiary/aromatic N) is 1. The number of nitrogens with one attached hydrogen (secondary N) is 2. The molecular weight excluding hydrogens is 414 g/mol. The van der Waals surface area contributed by atoms with Crippen molar-refractivity contribution in [3.8, 4) is 11.6 Å². The van der Waals surface area contributed by atoms with Crippen molar-refractivity contribution in [2.24, 2.45) is 0 Å². The number of pyridine rings is 1. The SMILES string of the molecule is CCC(CO)Nc1cc(C)nc(Oc2c(C)cc(Cl)cc2C)c1C(=O)NC1CCCC1. The van der Waals surface area contributed by atoms with Crippen LogP contribution in [0, 0.1) is 20.8 Å². The minimum absolute atomic E-state index is 0.0346. The van der Waals surface area contributed by atoms with Crippen LogP contribution in [0.1, 0.15) is 66.2 Å². The summed E-state index contributed by atoms with van der Waals surface area (Å²) in [6.07, 6.45) is 4.92. The van der Waals surface area contributed by atoms with Gasteiger partial charge in [-0.25, -0.2) is 4.98 Å². The molecule has 1 aliphatic rings. The minimum atomic E-state index is -0.214. The van der Waals surface area contributed by atoms with Gasteiger partial charge < -0.3 is 20.5 Å². The van der Waals surface area contributed by atoms with Crippen LogP contribution in [0.3, 0.4) is 0 Å². The molecule has 31 heavy (non-hydrogen) atoms. The van der Waals surface area contributed by atoms with Gasteiger partial charge in [0.15, 0.2) is 0 Å². The van der Waals surface area contributed by atoms with E-state index in [4.69, 9.17) is 16.3 Å². The van der Waals surface area contributed by atoms with Gasteiger partial charge in [0.05, 0.1) is 12.3 Å². The van der Waals surface area contributed by atoms with Gasteiger partial charge in [0.25, 0.3) is 5.91 Å². The minimum Gasteiger partial charge on any atom is -0.438 e. The van der Waals surface area contributed by atoms with E-state index < -0.39 is 0 Å². The van der Waals surface area contributed by atoms with E-state index in [1.165, 1.54) is 0 Å².